The SMILES string of the molecule is OC[C@H]1O[C@@H](n2cnc3c(Sc4ccc(Cl)cc4)ncnc32)[C@H](O)[C@@H]1O. The van der Waals surface area contributed by atoms with Crippen LogP contribution in [0.2, 0.25) is 5.02 Å². The second-order valence-corrected chi connectivity index (χ2v) is 7.29. The lowest BCUT2D eigenvalue weighted by atomic mass is 10.1. The van der Waals surface area contributed by atoms with Crippen molar-refractivity contribution in [3.63, 3.8) is 0 Å². The predicted octanol–water partition coefficient (Wildman–Crippen LogP) is 1.24. The van der Waals surface area contributed by atoms with Crippen molar-refractivity contribution in [3.05, 3.63) is 41.9 Å². The van der Waals surface area contributed by atoms with Gasteiger partial charge in [0.1, 0.15) is 35.2 Å². The van der Waals surface area contributed by atoms with Crippen LogP contribution in [0.25, 0.3) is 11.2 Å². The second-order valence-electron chi connectivity index (χ2n) is 5.79. The van der Waals surface area contributed by atoms with E-state index >= 15 is 0 Å². The molecule has 3 heterocycles. The fourth-order valence-electron chi connectivity index (χ4n) is 2.82. The van der Waals surface area contributed by atoms with E-state index in [2.05, 4.69) is 15.0 Å². The lowest BCUT2D eigenvalue weighted by Gasteiger charge is -2.16. The minimum absolute atomic E-state index is 0.395. The molecule has 3 N–H and O–H groups in total. The molecule has 0 saturated carbocycles. The summed E-state index contributed by atoms with van der Waals surface area (Å²) in [5.41, 5.74) is 1.01. The van der Waals surface area contributed by atoms with Crippen molar-refractivity contribution in [1.29, 1.82) is 0 Å². The molecule has 0 aliphatic carbocycles. The molecule has 1 aliphatic rings. The molecule has 3 aromatic rings. The van der Waals surface area contributed by atoms with Crippen molar-refractivity contribution in [2.24, 2.45) is 0 Å². The predicted molar refractivity (Wildman–Crippen MR) is 93.9 cm³/mol. The van der Waals surface area contributed by atoms with E-state index in [1.165, 1.54) is 29.0 Å². The number of nitrogens with zero attached hydrogens (tertiary/aromatic N) is 4. The van der Waals surface area contributed by atoms with E-state index in [9.17, 15) is 15.3 Å². The first-order valence-electron chi connectivity index (χ1n) is 7.82. The van der Waals surface area contributed by atoms with Crippen molar-refractivity contribution in [1.82, 2.24) is 19.5 Å². The molecule has 0 radical (unpaired) electrons. The topological polar surface area (TPSA) is 114 Å². The van der Waals surface area contributed by atoms with Gasteiger partial charge in [-0.3, -0.25) is 4.57 Å². The molecule has 2 aromatic heterocycles. The van der Waals surface area contributed by atoms with Crippen LogP contribution in [0.5, 0.6) is 0 Å². The molecular formula is C16H15ClN4O4S. The van der Waals surface area contributed by atoms with Gasteiger partial charge in [0, 0.05) is 9.92 Å². The number of fused-ring (bicyclic) bond motifs is 1. The Morgan fingerprint density at radius 3 is 2.58 bits per heavy atom. The highest BCUT2D eigenvalue weighted by Crippen LogP contribution is 2.34. The van der Waals surface area contributed by atoms with Crippen LogP contribution in [0.1, 0.15) is 6.23 Å². The number of aliphatic hydroxyl groups is 3. The number of rotatable bonds is 4. The Morgan fingerprint density at radius 2 is 1.88 bits per heavy atom. The quantitative estimate of drug-likeness (QED) is 0.566. The molecule has 136 valence electrons. The number of benzene rings is 1. The number of halogens is 1. The van der Waals surface area contributed by atoms with E-state index in [0.717, 1.165) is 4.90 Å². The van der Waals surface area contributed by atoms with Crippen molar-refractivity contribution in [2.45, 2.75) is 34.5 Å². The second kappa shape index (κ2) is 7.10. The largest absolute Gasteiger partial charge is 0.394 e. The van der Waals surface area contributed by atoms with Gasteiger partial charge in [-0.15, -0.1) is 0 Å². The molecule has 26 heavy (non-hydrogen) atoms. The monoisotopic (exact) mass is 394 g/mol. The normalized spacial score (nSPS) is 25.8. The number of hydrogen-bond acceptors (Lipinski definition) is 8. The summed E-state index contributed by atoms with van der Waals surface area (Å²) in [4.78, 5) is 13.8. The van der Waals surface area contributed by atoms with E-state index in [1.54, 1.807) is 12.1 Å². The number of imidazole rings is 1. The number of hydrogen-bond donors (Lipinski definition) is 3. The summed E-state index contributed by atoms with van der Waals surface area (Å²) < 4.78 is 7.08. The van der Waals surface area contributed by atoms with Gasteiger partial charge in [0.05, 0.1) is 12.9 Å². The zero-order valence-corrected chi connectivity index (χ0v) is 14.9. The van der Waals surface area contributed by atoms with Crippen molar-refractivity contribution < 1.29 is 20.1 Å². The molecule has 0 spiro atoms. The van der Waals surface area contributed by atoms with Crippen LogP contribution in [0.4, 0.5) is 0 Å². The van der Waals surface area contributed by atoms with Gasteiger partial charge in [-0.25, -0.2) is 15.0 Å². The van der Waals surface area contributed by atoms with E-state index in [0.29, 0.717) is 21.2 Å². The molecule has 1 aliphatic heterocycles. The highest BCUT2D eigenvalue weighted by atomic mass is 35.5. The molecule has 0 unspecified atom stereocenters. The standard InChI is InChI=1S/C16H15ClN4O4S/c17-8-1-3-9(4-2-8)26-15-11-14(18-6-19-15)21(7-20-11)16-13(24)12(23)10(5-22)25-16/h1-4,6-7,10,12-13,16,22-24H,5H2/t10-,12-,13-,16-/m1/s1. The van der Waals surface area contributed by atoms with E-state index in [4.69, 9.17) is 16.3 Å². The maximum atomic E-state index is 10.2. The summed E-state index contributed by atoms with van der Waals surface area (Å²) in [6.07, 6.45) is -1.27. The van der Waals surface area contributed by atoms with Crippen LogP contribution < -0.4 is 0 Å². The first-order chi connectivity index (χ1) is 12.6. The molecule has 1 saturated heterocycles. The minimum atomic E-state index is -1.20. The van der Waals surface area contributed by atoms with Gasteiger partial charge in [-0.2, -0.15) is 0 Å². The average Bonchev–Trinajstić information content (AvgIpc) is 3.19. The Hall–Kier alpha value is -1.75. The van der Waals surface area contributed by atoms with Gasteiger partial charge in [0.2, 0.25) is 0 Å². The van der Waals surface area contributed by atoms with E-state index in [1.807, 2.05) is 12.1 Å². The number of aromatic nitrogens is 4. The highest BCUT2D eigenvalue weighted by molar-refractivity contribution is 7.99. The summed E-state index contributed by atoms with van der Waals surface area (Å²) in [5.74, 6) is 0. The van der Waals surface area contributed by atoms with Gasteiger partial charge < -0.3 is 20.1 Å². The molecule has 4 atom stereocenters. The first-order valence-corrected chi connectivity index (χ1v) is 9.01. The first kappa shape index (κ1) is 17.7. The van der Waals surface area contributed by atoms with Gasteiger partial charge >= 0.3 is 0 Å². The number of ether oxygens (including phenoxy) is 1. The highest BCUT2D eigenvalue weighted by Gasteiger charge is 2.44. The Bertz CT molecular complexity index is 922. The van der Waals surface area contributed by atoms with Crippen molar-refractivity contribution in [2.75, 3.05) is 6.61 Å². The maximum absolute atomic E-state index is 10.2. The molecule has 1 aromatic carbocycles. The average molecular weight is 395 g/mol. The van der Waals surface area contributed by atoms with Gasteiger partial charge in [-0.05, 0) is 24.3 Å². The van der Waals surface area contributed by atoms with Crippen LogP contribution in [-0.4, -0.2) is 59.8 Å². The smallest absolute Gasteiger partial charge is 0.166 e. The van der Waals surface area contributed by atoms with Crippen molar-refractivity contribution in [3.8, 4) is 0 Å². The molecule has 10 heteroatoms. The Balaban J connectivity index is 1.68. The molecule has 4 rings (SSSR count). The van der Waals surface area contributed by atoms with Crippen LogP contribution >= 0.6 is 23.4 Å². The summed E-state index contributed by atoms with van der Waals surface area (Å²) in [5, 5.41) is 30.7. The number of aliphatic hydroxyl groups excluding tert-OH is 3. The molecule has 0 amide bonds. The Kier molecular flexibility index (Phi) is 4.82. The summed E-state index contributed by atoms with van der Waals surface area (Å²) in [6, 6.07) is 7.34. The van der Waals surface area contributed by atoms with Crippen LogP contribution in [0.3, 0.4) is 0 Å². The lowest BCUT2D eigenvalue weighted by Crippen LogP contribution is -2.33. The summed E-state index contributed by atoms with van der Waals surface area (Å²) in [6.45, 7) is -0.395. The molecule has 8 nitrogen and oxygen atoms in total. The zero-order valence-electron chi connectivity index (χ0n) is 13.3. The van der Waals surface area contributed by atoms with Crippen LogP contribution in [0.15, 0.2) is 46.8 Å². The van der Waals surface area contributed by atoms with Gasteiger partial charge in [0.15, 0.2) is 11.9 Å². The van der Waals surface area contributed by atoms with E-state index < -0.39 is 31.1 Å². The third-order valence-corrected chi connectivity index (χ3v) is 5.40. The Morgan fingerprint density at radius 1 is 1.12 bits per heavy atom. The minimum Gasteiger partial charge on any atom is -0.394 e. The fraction of sp³-hybridized carbons (Fsp3) is 0.312. The molecular weight excluding hydrogens is 380 g/mol. The van der Waals surface area contributed by atoms with Crippen LogP contribution in [0, 0.1) is 0 Å². The molecule has 0 bridgehead atoms. The summed E-state index contributed by atoms with van der Waals surface area (Å²) in [7, 11) is 0. The lowest BCUT2D eigenvalue weighted by molar-refractivity contribution is -0.0511. The zero-order chi connectivity index (χ0) is 18.3. The van der Waals surface area contributed by atoms with Gasteiger partial charge in [-0.1, -0.05) is 23.4 Å². The van der Waals surface area contributed by atoms with Crippen molar-refractivity contribution >= 4 is 34.5 Å². The Labute approximate surface area is 157 Å². The third kappa shape index (κ3) is 3.07. The van der Waals surface area contributed by atoms with Crippen LogP contribution in [-0.2, 0) is 4.74 Å². The van der Waals surface area contributed by atoms with Gasteiger partial charge in [0.25, 0.3) is 0 Å². The molecule has 1 fully saturated rings. The fourth-order valence-corrected chi connectivity index (χ4v) is 3.78. The maximum Gasteiger partial charge on any atom is 0.166 e. The van der Waals surface area contributed by atoms with E-state index in [-0.39, 0.29) is 0 Å². The third-order valence-electron chi connectivity index (χ3n) is 4.14. The summed E-state index contributed by atoms with van der Waals surface area (Å²) >= 11 is 7.32.